The van der Waals surface area contributed by atoms with E-state index in [1.54, 1.807) is 31.2 Å². The van der Waals surface area contributed by atoms with Crippen molar-refractivity contribution in [1.82, 2.24) is 10.2 Å². The molecular weight excluding hydrogens is 498 g/mol. The van der Waals surface area contributed by atoms with E-state index in [4.69, 9.17) is 11.6 Å². The lowest BCUT2D eigenvalue weighted by molar-refractivity contribution is -0.139. The summed E-state index contributed by atoms with van der Waals surface area (Å²) in [7, 11) is -3.77. The average Bonchev–Trinajstić information content (AvgIpc) is 2.81. The van der Waals surface area contributed by atoms with Crippen LogP contribution in [0.4, 0.5) is 5.69 Å². The molecule has 0 aromatic heterocycles. The summed E-state index contributed by atoms with van der Waals surface area (Å²) >= 11 is 6.16. The molecule has 2 aromatic carbocycles. The molecule has 0 saturated heterocycles. The normalized spacial score (nSPS) is 15.2. The second-order valence-electron chi connectivity index (χ2n) is 9.73. The predicted octanol–water partition coefficient (Wildman–Crippen LogP) is 4.59. The van der Waals surface area contributed by atoms with Crippen LogP contribution in [0.15, 0.2) is 42.5 Å². The summed E-state index contributed by atoms with van der Waals surface area (Å²) in [5.74, 6) is -0.707. The van der Waals surface area contributed by atoms with Gasteiger partial charge in [-0.1, -0.05) is 60.7 Å². The maximum absolute atomic E-state index is 13.7. The third-order valence-electron chi connectivity index (χ3n) is 6.66. The molecule has 7 nitrogen and oxygen atoms in total. The number of aryl methyl sites for hydroxylation is 2. The number of nitrogens with one attached hydrogen (secondary N) is 1. The Morgan fingerprint density at radius 1 is 1.08 bits per heavy atom. The van der Waals surface area contributed by atoms with E-state index >= 15 is 0 Å². The monoisotopic (exact) mass is 533 g/mol. The molecule has 2 aromatic rings. The van der Waals surface area contributed by atoms with Gasteiger partial charge >= 0.3 is 0 Å². The number of hydrogen-bond donors (Lipinski definition) is 1. The van der Waals surface area contributed by atoms with Crippen molar-refractivity contribution in [3.05, 3.63) is 64.2 Å². The van der Waals surface area contributed by atoms with E-state index in [1.807, 2.05) is 32.0 Å². The zero-order chi connectivity index (χ0) is 26.5. The van der Waals surface area contributed by atoms with Gasteiger partial charge in [-0.25, -0.2) is 8.42 Å². The second kappa shape index (κ2) is 12.1. The number of rotatable bonds is 9. The Labute approximate surface area is 219 Å². The van der Waals surface area contributed by atoms with Crippen molar-refractivity contribution in [2.45, 2.75) is 71.5 Å². The van der Waals surface area contributed by atoms with Crippen LogP contribution in [0, 0.1) is 13.8 Å². The van der Waals surface area contributed by atoms with Gasteiger partial charge in [0.2, 0.25) is 21.8 Å². The van der Waals surface area contributed by atoms with Gasteiger partial charge in [-0.3, -0.25) is 13.9 Å². The van der Waals surface area contributed by atoms with E-state index in [1.165, 1.54) is 11.3 Å². The molecule has 0 unspecified atom stereocenters. The third-order valence-corrected chi connectivity index (χ3v) is 8.02. The summed E-state index contributed by atoms with van der Waals surface area (Å²) in [4.78, 5) is 28.3. The van der Waals surface area contributed by atoms with Crippen molar-refractivity contribution < 1.29 is 18.0 Å². The third kappa shape index (κ3) is 7.46. The largest absolute Gasteiger partial charge is 0.352 e. The molecule has 2 amide bonds. The molecule has 36 heavy (non-hydrogen) atoms. The standard InChI is InChI=1S/C27H36ClN3O4S/c1-19-13-14-25(20(2)15-19)31(36(4,34)35)18-26(32)30(17-22-9-8-10-23(28)16-22)21(3)27(33)29-24-11-6-5-7-12-24/h8-10,13-16,21,24H,5-7,11-12,17-18H2,1-4H3,(H,29,33)/t21-/m1/s1. The minimum atomic E-state index is -3.77. The molecule has 0 bridgehead atoms. The fraction of sp³-hybridized carbons (Fsp3) is 0.481. The Kier molecular flexibility index (Phi) is 9.41. The van der Waals surface area contributed by atoms with Gasteiger partial charge in [0.25, 0.3) is 0 Å². The first-order valence-corrected chi connectivity index (χ1v) is 14.6. The lowest BCUT2D eigenvalue weighted by Crippen LogP contribution is -2.53. The van der Waals surface area contributed by atoms with E-state index in [0.29, 0.717) is 10.7 Å². The van der Waals surface area contributed by atoms with Crippen LogP contribution in [0.2, 0.25) is 5.02 Å². The number of benzene rings is 2. The van der Waals surface area contributed by atoms with Crippen molar-refractivity contribution in [2.75, 3.05) is 17.1 Å². The van der Waals surface area contributed by atoms with E-state index in [2.05, 4.69) is 5.32 Å². The molecule has 1 atom stereocenters. The first kappa shape index (κ1) is 28.0. The number of anilines is 1. The molecule has 1 aliphatic carbocycles. The van der Waals surface area contributed by atoms with E-state index < -0.39 is 28.5 Å². The smallest absolute Gasteiger partial charge is 0.244 e. The molecule has 3 rings (SSSR count). The Hall–Kier alpha value is -2.58. The molecule has 9 heteroatoms. The molecule has 1 saturated carbocycles. The fourth-order valence-corrected chi connectivity index (χ4v) is 5.78. The fourth-order valence-electron chi connectivity index (χ4n) is 4.66. The summed E-state index contributed by atoms with van der Waals surface area (Å²) < 4.78 is 26.6. The van der Waals surface area contributed by atoms with Crippen molar-refractivity contribution in [1.29, 1.82) is 0 Å². The summed E-state index contributed by atoms with van der Waals surface area (Å²) in [5.41, 5.74) is 2.94. The highest BCUT2D eigenvalue weighted by Crippen LogP contribution is 2.25. The number of halogens is 1. The van der Waals surface area contributed by atoms with Crippen LogP contribution in [0.3, 0.4) is 0 Å². The molecule has 1 N–H and O–H groups in total. The van der Waals surface area contributed by atoms with Crippen LogP contribution >= 0.6 is 11.6 Å². The van der Waals surface area contributed by atoms with Gasteiger partial charge in [-0.15, -0.1) is 0 Å². The van der Waals surface area contributed by atoms with Gasteiger partial charge in [0.1, 0.15) is 12.6 Å². The van der Waals surface area contributed by atoms with E-state index in [0.717, 1.165) is 52.9 Å². The van der Waals surface area contributed by atoms with Crippen molar-refractivity contribution in [3.8, 4) is 0 Å². The van der Waals surface area contributed by atoms with E-state index in [-0.39, 0.29) is 18.5 Å². The van der Waals surface area contributed by atoms with Crippen LogP contribution in [0.5, 0.6) is 0 Å². The van der Waals surface area contributed by atoms with Crippen LogP contribution in [-0.4, -0.2) is 50.0 Å². The van der Waals surface area contributed by atoms with Gasteiger partial charge in [0, 0.05) is 17.6 Å². The van der Waals surface area contributed by atoms with Crippen LogP contribution < -0.4 is 9.62 Å². The summed E-state index contributed by atoms with van der Waals surface area (Å²) in [5, 5.41) is 3.61. The van der Waals surface area contributed by atoms with Crippen LogP contribution in [0.1, 0.15) is 55.7 Å². The molecule has 1 fully saturated rings. The number of sulfonamides is 1. The average molecular weight is 534 g/mol. The Bertz CT molecular complexity index is 1200. The molecule has 0 heterocycles. The van der Waals surface area contributed by atoms with Gasteiger partial charge in [0.05, 0.1) is 11.9 Å². The van der Waals surface area contributed by atoms with Crippen molar-refractivity contribution in [2.24, 2.45) is 0 Å². The van der Waals surface area contributed by atoms with Crippen molar-refractivity contribution >= 4 is 39.1 Å². The lowest BCUT2D eigenvalue weighted by atomic mass is 9.95. The lowest BCUT2D eigenvalue weighted by Gasteiger charge is -2.33. The minimum Gasteiger partial charge on any atom is -0.352 e. The SMILES string of the molecule is Cc1ccc(N(CC(=O)N(Cc2cccc(Cl)c2)[C@H](C)C(=O)NC2CCCCC2)S(C)(=O)=O)c(C)c1. The van der Waals surface area contributed by atoms with Crippen molar-refractivity contribution in [3.63, 3.8) is 0 Å². The van der Waals surface area contributed by atoms with Crippen LogP contribution in [0.25, 0.3) is 0 Å². The van der Waals surface area contributed by atoms with Gasteiger partial charge in [0.15, 0.2) is 0 Å². The molecule has 0 spiro atoms. The highest BCUT2D eigenvalue weighted by atomic mass is 35.5. The Balaban J connectivity index is 1.89. The summed E-state index contributed by atoms with van der Waals surface area (Å²) in [6, 6.07) is 11.8. The maximum atomic E-state index is 13.7. The molecule has 196 valence electrons. The number of nitrogens with zero attached hydrogens (tertiary/aromatic N) is 2. The highest BCUT2D eigenvalue weighted by molar-refractivity contribution is 7.92. The summed E-state index contributed by atoms with van der Waals surface area (Å²) in [6.07, 6.45) is 6.25. The Morgan fingerprint density at radius 3 is 2.39 bits per heavy atom. The highest BCUT2D eigenvalue weighted by Gasteiger charge is 2.31. The quantitative estimate of drug-likeness (QED) is 0.511. The van der Waals surface area contributed by atoms with Crippen LogP contribution in [-0.2, 0) is 26.2 Å². The zero-order valence-corrected chi connectivity index (χ0v) is 23.0. The first-order valence-electron chi connectivity index (χ1n) is 12.3. The summed E-state index contributed by atoms with van der Waals surface area (Å²) in [6.45, 7) is 5.14. The van der Waals surface area contributed by atoms with Gasteiger partial charge in [-0.2, -0.15) is 0 Å². The zero-order valence-electron chi connectivity index (χ0n) is 21.5. The minimum absolute atomic E-state index is 0.0968. The number of amides is 2. The second-order valence-corrected chi connectivity index (χ2v) is 12.1. The number of carbonyl (C=O) groups excluding carboxylic acids is 2. The topological polar surface area (TPSA) is 86.8 Å². The maximum Gasteiger partial charge on any atom is 0.244 e. The molecule has 1 aliphatic rings. The number of hydrogen-bond acceptors (Lipinski definition) is 4. The first-order chi connectivity index (χ1) is 17.0. The number of carbonyl (C=O) groups is 2. The van der Waals surface area contributed by atoms with Gasteiger partial charge in [-0.05, 0) is 62.9 Å². The van der Waals surface area contributed by atoms with E-state index in [9.17, 15) is 18.0 Å². The predicted molar refractivity (Wildman–Crippen MR) is 145 cm³/mol. The molecule has 0 aliphatic heterocycles. The molecule has 0 radical (unpaired) electrons. The van der Waals surface area contributed by atoms with Gasteiger partial charge < -0.3 is 10.2 Å². The Morgan fingerprint density at radius 2 is 1.78 bits per heavy atom. The molecular formula is C27H36ClN3O4S.